The summed E-state index contributed by atoms with van der Waals surface area (Å²) in [6.07, 6.45) is 1.13. The summed E-state index contributed by atoms with van der Waals surface area (Å²) in [6, 6.07) is 5.78. The van der Waals surface area contributed by atoms with Crippen LogP contribution in [0.3, 0.4) is 0 Å². The van der Waals surface area contributed by atoms with Crippen LogP contribution in [0.25, 0.3) is 0 Å². The van der Waals surface area contributed by atoms with Gasteiger partial charge in [-0.1, -0.05) is 41.4 Å². The van der Waals surface area contributed by atoms with Crippen molar-refractivity contribution in [2.45, 2.75) is 27.2 Å². The zero-order valence-corrected chi connectivity index (χ0v) is 13.3. The molecule has 0 aliphatic heterocycles. The Hall–Kier alpha value is -1.23. The summed E-state index contributed by atoms with van der Waals surface area (Å²) in [6.45, 7) is 8.36. The second-order valence-electron chi connectivity index (χ2n) is 4.70. The Bertz CT molecular complexity index is 448. The van der Waals surface area contributed by atoms with Gasteiger partial charge in [0.15, 0.2) is 5.84 Å². The van der Waals surface area contributed by atoms with E-state index in [0.717, 1.165) is 35.2 Å². The molecule has 1 rings (SSSR count). The molecule has 1 aromatic carbocycles. The third-order valence-corrected chi connectivity index (χ3v) is 3.79. The Labute approximate surface area is 123 Å². The molecule has 3 N–H and O–H groups in total. The van der Waals surface area contributed by atoms with E-state index in [1.54, 1.807) is 0 Å². The topological polar surface area (TPSA) is 61.8 Å². The van der Waals surface area contributed by atoms with Gasteiger partial charge in [-0.15, -0.1) is 0 Å². The van der Waals surface area contributed by atoms with Crippen LogP contribution in [-0.2, 0) is 0 Å². The van der Waals surface area contributed by atoms with Gasteiger partial charge in [-0.2, -0.15) is 0 Å². The first-order valence-corrected chi connectivity index (χ1v) is 7.35. The van der Waals surface area contributed by atoms with Crippen LogP contribution in [0.1, 0.15) is 32.8 Å². The summed E-state index contributed by atoms with van der Waals surface area (Å²) in [5.74, 6) is 0.740. The van der Waals surface area contributed by atoms with Gasteiger partial charge in [0.25, 0.3) is 0 Å². The minimum atomic E-state index is 0.144. The molecule has 106 valence electrons. The number of nitrogens with zero attached hydrogens (tertiary/aromatic N) is 2. The van der Waals surface area contributed by atoms with E-state index >= 15 is 0 Å². The maximum absolute atomic E-state index is 8.90. The van der Waals surface area contributed by atoms with Gasteiger partial charge in [0.2, 0.25) is 0 Å². The van der Waals surface area contributed by atoms with Crippen molar-refractivity contribution in [1.82, 2.24) is 0 Å². The van der Waals surface area contributed by atoms with Gasteiger partial charge in [-0.25, -0.2) is 0 Å². The van der Waals surface area contributed by atoms with E-state index in [1.807, 2.05) is 18.2 Å². The van der Waals surface area contributed by atoms with Gasteiger partial charge in [-0.05, 0) is 31.0 Å². The van der Waals surface area contributed by atoms with Gasteiger partial charge in [-0.3, -0.25) is 0 Å². The molecular weight excluding hydrogens is 306 g/mol. The Morgan fingerprint density at radius 2 is 2.16 bits per heavy atom. The zero-order valence-electron chi connectivity index (χ0n) is 11.7. The first kappa shape index (κ1) is 15.8. The lowest BCUT2D eigenvalue weighted by molar-refractivity contribution is 0.318. The number of hydrogen-bond acceptors (Lipinski definition) is 3. The van der Waals surface area contributed by atoms with Gasteiger partial charge in [0, 0.05) is 28.8 Å². The molecule has 0 radical (unpaired) electrons. The lowest BCUT2D eigenvalue weighted by Gasteiger charge is -2.28. The van der Waals surface area contributed by atoms with Crippen LogP contribution in [0.5, 0.6) is 0 Å². The fourth-order valence-electron chi connectivity index (χ4n) is 1.94. The molecule has 0 amide bonds. The number of oxime groups is 1. The molecule has 0 aliphatic carbocycles. The third-order valence-electron chi connectivity index (χ3n) is 3.29. The Morgan fingerprint density at radius 3 is 2.68 bits per heavy atom. The second kappa shape index (κ2) is 7.38. The van der Waals surface area contributed by atoms with E-state index in [1.165, 1.54) is 0 Å². The lowest BCUT2D eigenvalue weighted by atomic mass is 10.1. The Kier molecular flexibility index (Phi) is 6.15. The summed E-state index contributed by atoms with van der Waals surface area (Å²) >= 11 is 3.48. The average Bonchev–Trinajstić information content (AvgIpc) is 2.43. The number of amidine groups is 1. The minimum Gasteiger partial charge on any atom is -0.409 e. The maximum Gasteiger partial charge on any atom is 0.172 e. The molecule has 0 spiro atoms. The first-order chi connectivity index (χ1) is 9.03. The highest BCUT2D eigenvalue weighted by atomic mass is 79.9. The van der Waals surface area contributed by atoms with E-state index in [2.05, 4.69) is 46.8 Å². The van der Waals surface area contributed by atoms with Gasteiger partial charge >= 0.3 is 0 Å². The van der Waals surface area contributed by atoms with Crippen LogP contribution in [0, 0.1) is 5.92 Å². The average molecular weight is 328 g/mol. The van der Waals surface area contributed by atoms with E-state index < -0.39 is 0 Å². The fraction of sp³-hybridized carbons (Fsp3) is 0.500. The summed E-state index contributed by atoms with van der Waals surface area (Å²) < 4.78 is 0.986. The summed E-state index contributed by atoms with van der Waals surface area (Å²) in [5, 5.41) is 12.0. The molecule has 0 aliphatic rings. The highest BCUT2D eigenvalue weighted by Gasteiger charge is 2.15. The second-order valence-corrected chi connectivity index (χ2v) is 5.61. The largest absolute Gasteiger partial charge is 0.409 e. The quantitative estimate of drug-likeness (QED) is 0.364. The third kappa shape index (κ3) is 4.13. The highest BCUT2D eigenvalue weighted by molar-refractivity contribution is 9.10. The monoisotopic (exact) mass is 327 g/mol. The molecule has 5 heteroatoms. The molecule has 1 unspecified atom stereocenters. The summed E-state index contributed by atoms with van der Waals surface area (Å²) in [4.78, 5) is 2.26. The summed E-state index contributed by atoms with van der Waals surface area (Å²) in [5.41, 5.74) is 7.51. The van der Waals surface area contributed by atoms with Crippen molar-refractivity contribution >= 4 is 27.5 Å². The number of halogens is 1. The number of nitrogens with two attached hydrogens (primary N) is 1. The molecular formula is C14H22BrN3O. The first-order valence-electron chi connectivity index (χ1n) is 6.55. The van der Waals surface area contributed by atoms with Crippen LogP contribution >= 0.6 is 15.9 Å². The van der Waals surface area contributed by atoms with Crippen molar-refractivity contribution in [2.75, 3.05) is 18.0 Å². The molecule has 0 saturated heterocycles. The van der Waals surface area contributed by atoms with Gasteiger partial charge in [0.05, 0.1) is 0 Å². The Morgan fingerprint density at radius 1 is 1.47 bits per heavy atom. The number of benzene rings is 1. The lowest BCUT2D eigenvalue weighted by Crippen LogP contribution is -2.30. The molecule has 0 heterocycles. The molecule has 0 aromatic heterocycles. The van der Waals surface area contributed by atoms with Gasteiger partial charge < -0.3 is 15.8 Å². The van der Waals surface area contributed by atoms with Gasteiger partial charge in [0.1, 0.15) is 0 Å². The molecule has 19 heavy (non-hydrogen) atoms. The van der Waals surface area contributed by atoms with E-state index in [-0.39, 0.29) is 5.84 Å². The van der Waals surface area contributed by atoms with Crippen molar-refractivity contribution in [1.29, 1.82) is 0 Å². The molecule has 0 saturated carbocycles. The zero-order chi connectivity index (χ0) is 14.4. The van der Waals surface area contributed by atoms with E-state index in [0.29, 0.717) is 5.92 Å². The van der Waals surface area contributed by atoms with Crippen molar-refractivity contribution < 1.29 is 5.21 Å². The fourth-order valence-corrected chi connectivity index (χ4v) is 2.29. The van der Waals surface area contributed by atoms with Crippen LogP contribution in [-0.4, -0.2) is 24.1 Å². The van der Waals surface area contributed by atoms with Crippen molar-refractivity contribution in [3.63, 3.8) is 0 Å². The Balaban J connectivity index is 3.17. The van der Waals surface area contributed by atoms with Crippen LogP contribution < -0.4 is 10.6 Å². The number of rotatable bonds is 6. The molecule has 1 aromatic rings. The van der Waals surface area contributed by atoms with Crippen LogP contribution in [0.2, 0.25) is 0 Å². The number of hydrogen-bond donors (Lipinski definition) is 2. The number of anilines is 1. The highest BCUT2D eigenvalue weighted by Crippen LogP contribution is 2.26. The molecule has 0 fully saturated rings. The predicted molar refractivity (Wildman–Crippen MR) is 84.0 cm³/mol. The normalized spacial score (nSPS) is 13.4. The van der Waals surface area contributed by atoms with Crippen molar-refractivity contribution in [2.24, 2.45) is 16.8 Å². The SMILES string of the molecule is CCC(C)CN(CC)c1cc(Br)ccc1/C(N)=N/O. The van der Waals surface area contributed by atoms with E-state index in [4.69, 9.17) is 10.9 Å². The maximum atomic E-state index is 8.90. The predicted octanol–water partition coefficient (Wildman–Crippen LogP) is 3.42. The molecule has 0 bridgehead atoms. The summed E-state index contributed by atoms with van der Waals surface area (Å²) in [7, 11) is 0. The van der Waals surface area contributed by atoms with Crippen molar-refractivity contribution in [3.8, 4) is 0 Å². The van der Waals surface area contributed by atoms with Crippen LogP contribution in [0.15, 0.2) is 27.8 Å². The molecule has 1 atom stereocenters. The molecule has 4 nitrogen and oxygen atoms in total. The van der Waals surface area contributed by atoms with E-state index in [9.17, 15) is 0 Å². The standard InChI is InChI=1S/C14H22BrN3O/c1-4-10(3)9-18(5-2)13-8-11(15)6-7-12(13)14(16)17-19/h6-8,10,19H,4-5,9H2,1-3H3,(H2,16,17). The van der Waals surface area contributed by atoms with Crippen molar-refractivity contribution in [3.05, 3.63) is 28.2 Å². The van der Waals surface area contributed by atoms with Crippen LogP contribution in [0.4, 0.5) is 5.69 Å². The minimum absolute atomic E-state index is 0.144. The smallest absolute Gasteiger partial charge is 0.172 e.